The van der Waals surface area contributed by atoms with Gasteiger partial charge in [-0.3, -0.25) is 9.59 Å². The van der Waals surface area contributed by atoms with Gasteiger partial charge in [-0.15, -0.1) is 0 Å². The van der Waals surface area contributed by atoms with Gasteiger partial charge in [-0.1, -0.05) is 29.8 Å². The number of allylic oxidation sites excluding steroid dienone is 4. The van der Waals surface area contributed by atoms with Gasteiger partial charge in [-0.05, 0) is 37.6 Å². The maximum absolute atomic E-state index is 12.4. The second-order valence-electron chi connectivity index (χ2n) is 6.14. The van der Waals surface area contributed by atoms with Crippen LogP contribution >= 0.6 is 0 Å². The van der Waals surface area contributed by atoms with Crippen LogP contribution in [0.5, 0.6) is 0 Å². The third-order valence-electron chi connectivity index (χ3n) is 4.26. The molecule has 1 N–H and O–H groups in total. The van der Waals surface area contributed by atoms with Gasteiger partial charge in [0, 0.05) is 11.8 Å². The summed E-state index contributed by atoms with van der Waals surface area (Å²) in [5, 5.41) is 0. The van der Waals surface area contributed by atoms with Crippen molar-refractivity contribution >= 4 is 21.6 Å². The van der Waals surface area contributed by atoms with Gasteiger partial charge in [-0.2, -0.15) is 0 Å². The Kier molecular flexibility index (Phi) is 3.82. The van der Waals surface area contributed by atoms with Crippen LogP contribution in [-0.4, -0.2) is 26.0 Å². The maximum atomic E-state index is 12.4. The van der Waals surface area contributed by atoms with Gasteiger partial charge in [0.15, 0.2) is 11.6 Å². The average molecular weight is 331 g/mol. The normalized spacial score (nSPS) is 22.9. The second kappa shape index (κ2) is 5.54. The van der Waals surface area contributed by atoms with Gasteiger partial charge < -0.3 is 0 Å². The Morgan fingerprint density at radius 3 is 2.30 bits per heavy atom. The van der Waals surface area contributed by atoms with Crippen molar-refractivity contribution in [2.75, 3.05) is 0 Å². The highest BCUT2D eigenvalue weighted by Gasteiger charge is 2.43. The average Bonchev–Trinajstić information content (AvgIpc) is 2.78. The van der Waals surface area contributed by atoms with Gasteiger partial charge in [0.2, 0.25) is 10.0 Å². The Morgan fingerprint density at radius 2 is 1.70 bits per heavy atom. The van der Waals surface area contributed by atoms with Crippen molar-refractivity contribution in [3.8, 4) is 0 Å². The van der Waals surface area contributed by atoms with Crippen molar-refractivity contribution in [2.45, 2.75) is 30.7 Å². The third-order valence-corrected chi connectivity index (χ3v) is 5.75. The van der Waals surface area contributed by atoms with E-state index < -0.39 is 21.5 Å². The van der Waals surface area contributed by atoms with Crippen LogP contribution in [0.1, 0.15) is 18.4 Å². The predicted molar refractivity (Wildman–Crippen MR) is 85.2 cm³/mol. The number of nitrogens with one attached hydrogen (secondary N) is 1. The number of hydrogen-bond acceptors (Lipinski definition) is 4. The van der Waals surface area contributed by atoms with Crippen molar-refractivity contribution in [3.63, 3.8) is 0 Å². The summed E-state index contributed by atoms with van der Waals surface area (Å²) in [6.07, 6.45) is 6.81. The predicted octanol–water partition coefficient (Wildman–Crippen LogP) is 1.69. The molecule has 120 valence electrons. The zero-order valence-corrected chi connectivity index (χ0v) is 13.5. The summed E-state index contributed by atoms with van der Waals surface area (Å²) >= 11 is 0. The molecule has 23 heavy (non-hydrogen) atoms. The van der Waals surface area contributed by atoms with E-state index in [0.29, 0.717) is 6.42 Å². The molecule has 0 bridgehead atoms. The smallest absolute Gasteiger partial charge is 0.241 e. The molecule has 0 aromatic heterocycles. The van der Waals surface area contributed by atoms with Crippen molar-refractivity contribution in [1.29, 1.82) is 0 Å². The largest absolute Gasteiger partial charge is 0.298 e. The monoisotopic (exact) mass is 331 g/mol. The summed E-state index contributed by atoms with van der Waals surface area (Å²) in [4.78, 5) is 23.6. The molecule has 2 aliphatic carbocycles. The molecule has 1 atom stereocenters. The highest BCUT2D eigenvalue weighted by molar-refractivity contribution is 7.89. The van der Waals surface area contributed by atoms with Crippen LogP contribution in [0.3, 0.4) is 0 Å². The summed E-state index contributed by atoms with van der Waals surface area (Å²) in [5.74, 6) is -0.281. The molecule has 0 heterocycles. The fourth-order valence-corrected chi connectivity index (χ4v) is 4.17. The molecular formula is C17H17NO4S. The SMILES string of the molecule is Cc1ccc(S(=O)(=O)N[C@H]2CC3(C=CC(=O)C=C3)CC2=O)cc1. The van der Waals surface area contributed by atoms with Crippen molar-refractivity contribution in [3.05, 3.63) is 54.1 Å². The van der Waals surface area contributed by atoms with Crippen LogP contribution in [0.25, 0.3) is 0 Å². The molecular weight excluding hydrogens is 314 g/mol. The zero-order valence-electron chi connectivity index (χ0n) is 12.7. The number of benzene rings is 1. The molecule has 5 nitrogen and oxygen atoms in total. The van der Waals surface area contributed by atoms with Crippen molar-refractivity contribution in [1.82, 2.24) is 4.72 Å². The first-order chi connectivity index (χ1) is 10.8. The lowest BCUT2D eigenvalue weighted by molar-refractivity contribution is -0.119. The number of carbonyl (C=O) groups excluding carboxylic acids is 2. The quantitative estimate of drug-likeness (QED) is 0.914. The molecule has 1 fully saturated rings. The van der Waals surface area contributed by atoms with Crippen LogP contribution in [0.4, 0.5) is 0 Å². The molecule has 1 spiro atoms. The van der Waals surface area contributed by atoms with Crippen LogP contribution < -0.4 is 4.72 Å². The first-order valence-electron chi connectivity index (χ1n) is 7.34. The van der Waals surface area contributed by atoms with Crippen LogP contribution in [0.2, 0.25) is 0 Å². The Hall–Kier alpha value is -2.05. The third kappa shape index (κ3) is 3.18. The fourth-order valence-electron chi connectivity index (χ4n) is 2.96. The fraction of sp³-hybridized carbons (Fsp3) is 0.294. The maximum Gasteiger partial charge on any atom is 0.241 e. The molecule has 0 aliphatic heterocycles. The van der Waals surface area contributed by atoms with E-state index in [-0.39, 0.29) is 22.9 Å². The summed E-state index contributed by atoms with van der Waals surface area (Å²) in [6.45, 7) is 1.87. The van der Waals surface area contributed by atoms with Gasteiger partial charge in [0.05, 0.1) is 10.9 Å². The summed E-state index contributed by atoms with van der Waals surface area (Å²) < 4.78 is 27.3. The Morgan fingerprint density at radius 1 is 1.09 bits per heavy atom. The van der Waals surface area contributed by atoms with Crippen molar-refractivity contribution in [2.24, 2.45) is 5.41 Å². The molecule has 1 aromatic carbocycles. The second-order valence-corrected chi connectivity index (χ2v) is 7.85. The van der Waals surface area contributed by atoms with E-state index in [4.69, 9.17) is 0 Å². The number of aryl methyl sites for hydroxylation is 1. The van der Waals surface area contributed by atoms with E-state index in [2.05, 4.69) is 4.72 Å². The Balaban J connectivity index is 1.79. The number of Topliss-reactive ketones (excluding diaryl/α,β-unsaturated/α-hetero) is 1. The minimum atomic E-state index is -3.75. The minimum Gasteiger partial charge on any atom is -0.298 e. The van der Waals surface area contributed by atoms with Gasteiger partial charge >= 0.3 is 0 Å². The summed E-state index contributed by atoms with van der Waals surface area (Å²) in [7, 11) is -3.75. The van der Waals surface area contributed by atoms with Gasteiger partial charge in [0.1, 0.15) is 0 Å². The highest BCUT2D eigenvalue weighted by Crippen LogP contribution is 2.40. The lowest BCUT2D eigenvalue weighted by Gasteiger charge is -2.22. The highest BCUT2D eigenvalue weighted by atomic mass is 32.2. The molecule has 2 aliphatic rings. The lowest BCUT2D eigenvalue weighted by Crippen LogP contribution is -2.37. The Bertz CT molecular complexity index is 803. The Labute approximate surface area is 135 Å². The molecule has 6 heteroatoms. The molecule has 0 radical (unpaired) electrons. The number of carbonyl (C=O) groups is 2. The van der Waals surface area contributed by atoms with E-state index in [9.17, 15) is 18.0 Å². The molecule has 0 amide bonds. The molecule has 0 unspecified atom stereocenters. The standard InChI is InChI=1S/C17H17NO4S/c1-12-2-4-14(5-3-12)23(21,22)18-15-10-17(11-16(15)20)8-6-13(19)7-9-17/h2-9,15,18H,10-11H2,1H3/t15-/m0/s1. The van der Waals surface area contributed by atoms with Crippen LogP contribution in [-0.2, 0) is 19.6 Å². The van der Waals surface area contributed by atoms with E-state index in [1.165, 1.54) is 24.3 Å². The molecule has 3 rings (SSSR count). The lowest BCUT2D eigenvalue weighted by atomic mass is 9.82. The van der Waals surface area contributed by atoms with Crippen LogP contribution in [0.15, 0.2) is 53.5 Å². The molecule has 1 aromatic rings. The first kappa shape index (κ1) is 15.8. The minimum absolute atomic E-state index is 0.119. The summed E-state index contributed by atoms with van der Waals surface area (Å²) in [5.41, 5.74) is 0.410. The van der Waals surface area contributed by atoms with Crippen molar-refractivity contribution < 1.29 is 18.0 Å². The number of hydrogen-bond donors (Lipinski definition) is 1. The van der Waals surface area contributed by atoms with E-state index in [0.717, 1.165) is 5.56 Å². The number of sulfonamides is 1. The van der Waals surface area contributed by atoms with E-state index >= 15 is 0 Å². The zero-order chi connectivity index (χ0) is 16.7. The number of ketones is 2. The van der Waals surface area contributed by atoms with Gasteiger partial charge in [0.25, 0.3) is 0 Å². The van der Waals surface area contributed by atoms with E-state index in [1.54, 1.807) is 24.3 Å². The molecule has 1 saturated carbocycles. The molecule has 0 saturated heterocycles. The first-order valence-corrected chi connectivity index (χ1v) is 8.82. The van der Waals surface area contributed by atoms with Gasteiger partial charge in [-0.25, -0.2) is 13.1 Å². The van der Waals surface area contributed by atoms with E-state index in [1.807, 2.05) is 6.92 Å². The summed E-state index contributed by atoms with van der Waals surface area (Å²) in [6, 6.07) is 5.69. The topological polar surface area (TPSA) is 80.3 Å². The number of rotatable bonds is 3. The van der Waals surface area contributed by atoms with Crippen LogP contribution in [0, 0.1) is 12.3 Å².